The quantitative estimate of drug-likeness (QED) is 0.107. The van der Waals surface area contributed by atoms with E-state index >= 15 is 0 Å². The van der Waals surface area contributed by atoms with Gasteiger partial charge in [0.2, 0.25) is 0 Å². The molecule has 116 heavy (non-hydrogen) atoms. The minimum absolute atomic E-state index is 0.880. The Kier molecular flexibility index (Phi) is 14.0. The summed E-state index contributed by atoms with van der Waals surface area (Å²) in [5.74, 6) is 0. The number of nitrogens with zero attached hydrogens (tertiary/aromatic N) is 8. The van der Waals surface area contributed by atoms with Crippen LogP contribution in [-0.4, -0.2) is 39.9 Å². The highest BCUT2D eigenvalue weighted by molar-refractivity contribution is 7.26. The van der Waals surface area contributed by atoms with E-state index in [1.54, 1.807) is 49.6 Å². The summed E-state index contributed by atoms with van der Waals surface area (Å²) < 4.78 is 17.6. The molecule has 0 atom stereocenters. The number of hydrogen-bond donors (Lipinski definition) is 0. The van der Waals surface area contributed by atoms with E-state index in [0.717, 1.165) is 120 Å². The highest BCUT2D eigenvalue weighted by Gasteiger charge is 2.22. The summed E-state index contributed by atoms with van der Waals surface area (Å²) in [5, 5.41) is 38.3. The number of furan rings is 2. The second-order valence-electron chi connectivity index (χ2n) is 30.0. The lowest BCUT2D eigenvalue weighted by Crippen LogP contribution is -1.89. The number of fused-ring (bicyclic) bond motifs is 40. The van der Waals surface area contributed by atoms with Crippen molar-refractivity contribution in [3.8, 4) is 0 Å². The predicted octanol–water partition coefficient (Wildman–Crippen LogP) is 28.9. The van der Waals surface area contributed by atoms with Gasteiger partial charge < -0.3 is 8.83 Å². The van der Waals surface area contributed by atoms with Gasteiger partial charge in [-0.05, 0) is 208 Å². The van der Waals surface area contributed by atoms with Crippen LogP contribution in [0.25, 0.3) is 258 Å². The van der Waals surface area contributed by atoms with E-state index in [4.69, 9.17) is 48.7 Å². The van der Waals surface area contributed by atoms with Crippen molar-refractivity contribution in [2.75, 3.05) is 0 Å². The molecule has 0 unspecified atom stereocenters. The minimum Gasteiger partial charge on any atom is -0.456 e. The van der Waals surface area contributed by atoms with E-state index in [2.05, 4.69) is 261 Å². The first-order valence-electron chi connectivity index (χ1n) is 38.7. The third-order valence-corrected chi connectivity index (χ3v) is 25.9. The van der Waals surface area contributed by atoms with Crippen LogP contribution >= 0.6 is 22.7 Å². The second-order valence-corrected chi connectivity index (χ2v) is 32.1. The van der Waals surface area contributed by atoms with Crippen LogP contribution in [0.2, 0.25) is 0 Å². The molecule has 8 heterocycles. The lowest BCUT2D eigenvalue weighted by atomic mass is 9.95. The fourth-order valence-electron chi connectivity index (χ4n) is 18.3. The Morgan fingerprint density at radius 3 is 0.716 bits per heavy atom. The number of benzene rings is 20. The molecule has 10 nitrogen and oxygen atoms in total. The van der Waals surface area contributed by atoms with Crippen LogP contribution in [0.5, 0.6) is 0 Å². The number of rotatable bonds is 0. The molecule has 0 saturated heterocycles. The largest absolute Gasteiger partial charge is 0.456 e. The molecule has 0 amide bonds. The van der Waals surface area contributed by atoms with Gasteiger partial charge in [0.05, 0.1) is 44.1 Å². The maximum absolute atomic E-state index is 6.17. The van der Waals surface area contributed by atoms with Crippen molar-refractivity contribution in [1.82, 2.24) is 39.9 Å². The fraction of sp³-hybridized carbons (Fsp3) is 0. The molecule has 0 N–H and O–H groups in total. The van der Waals surface area contributed by atoms with Crippen LogP contribution < -0.4 is 0 Å². The van der Waals surface area contributed by atoms with Crippen molar-refractivity contribution in [3.05, 3.63) is 341 Å². The molecule has 28 rings (SSSR count). The maximum Gasteiger partial charge on any atom is 0.136 e. The monoisotopic (exact) mass is 1510 g/mol. The zero-order chi connectivity index (χ0) is 75.8. The average Bonchev–Trinajstić information content (AvgIpc) is 1.35. The molecule has 0 aliphatic carbocycles. The molecular weight excluding hydrogens is 1460 g/mol. The summed E-state index contributed by atoms with van der Waals surface area (Å²) in [6.45, 7) is 0. The van der Waals surface area contributed by atoms with Crippen LogP contribution in [0.1, 0.15) is 0 Å². The molecule has 0 bridgehead atoms. The second kappa shape index (κ2) is 25.2. The normalized spacial score (nSPS) is 12.1. The summed E-state index contributed by atoms with van der Waals surface area (Å²) in [4.78, 5) is 37.8. The fourth-order valence-corrected chi connectivity index (χ4v) is 20.6. The summed E-state index contributed by atoms with van der Waals surface area (Å²) in [7, 11) is 0. The summed E-state index contributed by atoms with van der Waals surface area (Å²) >= 11 is 3.70. The maximum atomic E-state index is 6.17. The minimum atomic E-state index is 0.880. The van der Waals surface area contributed by atoms with Gasteiger partial charge in [-0.1, -0.05) is 170 Å². The summed E-state index contributed by atoms with van der Waals surface area (Å²) in [5.41, 5.74) is 11.2. The van der Waals surface area contributed by atoms with Crippen LogP contribution in [0.3, 0.4) is 0 Å². The van der Waals surface area contributed by atoms with E-state index in [9.17, 15) is 0 Å². The van der Waals surface area contributed by atoms with Gasteiger partial charge >= 0.3 is 0 Å². The van der Waals surface area contributed by atoms with E-state index in [1.165, 1.54) is 137 Å². The number of hydrogen-bond acceptors (Lipinski definition) is 12. The highest BCUT2D eigenvalue weighted by Crippen LogP contribution is 2.47. The average molecular weight is 1510 g/mol. The molecule has 0 radical (unpaired) electrons. The Labute approximate surface area is 665 Å². The summed E-state index contributed by atoms with van der Waals surface area (Å²) in [6, 6.07) is 104. The third kappa shape index (κ3) is 9.94. The Balaban J connectivity index is 0.0000000866. The highest BCUT2D eigenvalue weighted by atomic mass is 32.1. The standard InChI is InChI=1S/2C26H14N2O.2C26H14N2S/c1-2-6-16-12-21-18(11-15(16)5-1)19-14-24-20(17-7-3-4-8-23(17)29-24)13-22(19)26-25(21)27-9-10-28-26;1-2-6-16-12-21-18(11-15(16)5-1)19-13-20-17-7-3-4-8-23(17)29-24(20)14-22(19)26-25(21)27-9-10-28-26;1-2-6-16-12-21-18(11-15(16)5-1)19-14-24-20(17-7-3-4-8-23(17)29-24)13-22(19)26-25(21)27-9-10-28-26;1-2-6-16-12-21-18(11-15(16)5-1)19-13-20-17-7-3-4-8-23(17)29-24(20)14-22(19)26-25(21)27-9-10-28-26/h4*1-14H. The molecule has 20 aromatic carbocycles. The van der Waals surface area contributed by atoms with Crippen molar-refractivity contribution in [2.24, 2.45) is 0 Å². The van der Waals surface area contributed by atoms with Gasteiger partial charge in [-0.3, -0.25) is 39.9 Å². The van der Waals surface area contributed by atoms with Crippen molar-refractivity contribution in [2.45, 2.75) is 0 Å². The van der Waals surface area contributed by atoms with Crippen LogP contribution in [0.4, 0.5) is 0 Å². The Hall–Kier alpha value is -15.1. The van der Waals surface area contributed by atoms with Gasteiger partial charge in [-0.2, -0.15) is 0 Å². The lowest BCUT2D eigenvalue weighted by Gasteiger charge is -2.11. The molecule has 0 saturated carbocycles. The Bertz CT molecular complexity index is 8630. The number of thiophene rings is 2. The van der Waals surface area contributed by atoms with Crippen LogP contribution in [0.15, 0.2) is 350 Å². The first-order chi connectivity index (χ1) is 57.5. The first-order valence-corrected chi connectivity index (χ1v) is 40.3. The summed E-state index contributed by atoms with van der Waals surface area (Å²) in [6.07, 6.45) is 14.2. The lowest BCUT2D eigenvalue weighted by molar-refractivity contribution is 0.669. The molecular formula is C104H56N8O2S2. The topological polar surface area (TPSA) is 129 Å². The van der Waals surface area contributed by atoms with Crippen LogP contribution in [-0.2, 0) is 0 Å². The van der Waals surface area contributed by atoms with Gasteiger partial charge in [0, 0.05) is 155 Å². The molecule has 0 spiro atoms. The van der Waals surface area contributed by atoms with Crippen molar-refractivity contribution in [1.29, 1.82) is 0 Å². The van der Waals surface area contributed by atoms with Gasteiger partial charge in [0.15, 0.2) is 0 Å². The molecule has 536 valence electrons. The number of para-hydroxylation sites is 2. The van der Waals surface area contributed by atoms with E-state index in [-0.39, 0.29) is 0 Å². The molecule has 0 fully saturated rings. The zero-order valence-electron chi connectivity index (χ0n) is 61.5. The van der Waals surface area contributed by atoms with Crippen molar-refractivity contribution >= 4 is 280 Å². The van der Waals surface area contributed by atoms with Crippen LogP contribution in [0, 0.1) is 0 Å². The van der Waals surface area contributed by atoms with Gasteiger partial charge in [-0.15, -0.1) is 22.7 Å². The smallest absolute Gasteiger partial charge is 0.136 e. The van der Waals surface area contributed by atoms with Crippen molar-refractivity contribution < 1.29 is 8.83 Å². The molecule has 8 aromatic heterocycles. The van der Waals surface area contributed by atoms with Gasteiger partial charge in [-0.25, -0.2) is 0 Å². The van der Waals surface area contributed by atoms with Gasteiger partial charge in [0.25, 0.3) is 0 Å². The number of aromatic nitrogens is 8. The Morgan fingerprint density at radius 2 is 0.362 bits per heavy atom. The van der Waals surface area contributed by atoms with E-state index in [0.29, 0.717) is 0 Å². The zero-order valence-corrected chi connectivity index (χ0v) is 63.2. The molecule has 0 aliphatic rings. The van der Waals surface area contributed by atoms with Crippen molar-refractivity contribution in [3.63, 3.8) is 0 Å². The predicted molar refractivity (Wildman–Crippen MR) is 489 cm³/mol. The molecule has 12 heteroatoms. The molecule has 0 aliphatic heterocycles. The third-order valence-electron chi connectivity index (χ3n) is 23.6. The first kappa shape index (κ1) is 64.6. The van der Waals surface area contributed by atoms with E-state index < -0.39 is 0 Å². The van der Waals surface area contributed by atoms with Gasteiger partial charge in [0.1, 0.15) is 22.3 Å². The Morgan fingerprint density at radius 1 is 0.147 bits per heavy atom. The molecule has 28 aromatic rings. The van der Waals surface area contributed by atoms with E-state index in [1.807, 2.05) is 53.0 Å². The SMILES string of the molecule is c1ccc2cc3c(cc2c1)c1cc2c(cc1c1nccnc31)oc1ccccc12.c1ccc2cc3c(cc2c1)c1cc2c(cc1c1nccnc31)sc1ccccc12.c1ccc2cc3c(cc2c1)c1cc2oc4ccccc4c2cc1c1nccnc31.c1ccc2cc3c(cc2c1)c1cc2sc4ccccc4c2cc1c1nccnc31.